The van der Waals surface area contributed by atoms with Crippen LogP contribution in [0.15, 0.2) is 52.9 Å². The molecule has 3 heteroatoms. The maximum absolute atomic E-state index is 11.4. The minimum atomic E-state index is -0.355. The van der Waals surface area contributed by atoms with Crippen molar-refractivity contribution >= 4 is 16.9 Å². The Hall–Kier alpha value is -2.55. The van der Waals surface area contributed by atoms with Gasteiger partial charge in [0.2, 0.25) is 0 Å². The Labute approximate surface area is 116 Å². The first-order valence-electron chi connectivity index (χ1n) is 6.42. The first kappa shape index (κ1) is 12.5. The molecule has 0 saturated carbocycles. The molecule has 0 fully saturated rings. The molecule has 0 N–H and O–H groups in total. The molecule has 100 valence electrons. The van der Waals surface area contributed by atoms with Crippen molar-refractivity contribution in [3.8, 4) is 17.1 Å². The first-order valence-corrected chi connectivity index (χ1v) is 6.42. The normalized spacial score (nSPS) is 10.7. The van der Waals surface area contributed by atoms with Gasteiger partial charge in [-0.25, -0.2) is 0 Å². The zero-order valence-electron chi connectivity index (χ0n) is 11.3. The summed E-state index contributed by atoms with van der Waals surface area (Å²) in [7, 11) is 0. The molecule has 1 heterocycles. The van der Waals surface area contributed by atoms with Crippen LogP contribution in [0, 0.1) is 6.92 Å². The van der Waals surface area contributed by atoms with E-state index in [4.69, 9.17) is 9.15 Å². The number of hydrogen-bond acceptors (Lipinski definition) is 3. The van der Waals surface area contributed by atoms with Gasteiger partial charge >= 0.3 is 5.97 Å². The van der Waals surface area contributed by atoms with Gasteiger partial charge in [0.05, 0.1) is 5.39 Å². The zero-order valence-corrected chi connectivity index (χ0v) is 11.3. The lowest BCUT2D eigenvalue weighted by atomic mass is 10.1. The van der Waals surface area contributed by atoms with Crippen LogP contribution in [0.1, 0.15) is 12.5 Å². The summed E-state index contributed by atoms with van der Waals surface area (Å²) < 4.78 is 11.2. The van der Waals surface area contributed by atoms with Crippen molar-refractivity contribution in [2.75, 3.05) is 0 Å². The molecule has 0 spiro atoms. The summed E-state index contributed by atoms with van der Waals surface area (Å²) in [6.45, 7) is 3.38. The molecule has 3 rings (SSSR count). The number of furan rings is 1. The Morgan fingerprint density at radius 3 is 2.55 bits per heavy atom. The van der Waals surface area contributed by atoms with E-state index in [9.17, 15) is 4.79 Å². The van der Waals surface area contributed by atoms with Gasteiger partial charge in [0, 0.05) is 12.5 Å². The summed E-state index contributed by atoms with van der Waals surface area (Å²) in [5, 5.41) is 0.819. The lowest BCUT2D eigenvalue weighted by molar-refractivity contribution is -0.131. The van der Waals surface area contributed by atoms with E-state index < -0.39 is 0 Å². The molecule has 0 amide bonds. The van der Waals surface area contributed by atoms with Crippen LogP contribution in [0.4, 0.5) is 0 Å². The number of aryl methyl sites for hydroxylation is 1. The molecule has 0 saturated heterocycles. The van der Waals surface area contributed by atoms with E-state index in [2.05, 4.69) is 0 Å². The van der Waals surface area contributed by atoms with Crippen molar-refractivity contribution in [3.63, 3.8) is 0 Å². The summed E-state index contributed by atoms with van der Waals surface area (Å²) >= 11 is 0. The molecule has 0 radical (unpaired) electrons. The lowest BCUT2D eigenvalue weighted by Crippen LogP contribution is -2.01. The molecule has 0 aliphatic carbocycles. The van der Waals surface area contributed by atoms with Crippen molar-refractivity contribution in [1.29, 1.82) is 0 Å². The van der Waals surface area contributed by atoms with Crippen molar-refractivity contribution < 1.29 is 13.9 Å². The highest BCUT2D eigenvalue weighted by Crippen LogP contribution is 2.40. The highest BCUT2D eigenvalue weighted by Gasteiger charge is 2.18. The van der Waals surface area contributed by atoms with Gasteiger partial charge in [-0.3, -0.25) is 4.79 Å². The van der Waals surface area contributed by atoms with E-state index in [1.165, 1.54) is 6.92 Å². The number of benzene rings is 2. The molecule has 0 aliphatic rings. The Bertz CT molecular complexity index is 770. The van der Waals surface area contributed by atoms with E-state index in [0.717, 1.165) is 16.5 Å². The number of ether oxygens (including phenoxy) is 1. The second kappa shape index (κ2) is 4.85. The van der Waals surface area contributed by atoms with E-state index in [1.54, 1.807) is 0 Å². The number of fused-ring (bicyclic) bond motifs is 1. The van der Waals surface area contributed by atoms with E-state index >= 15 is 0 Å². The maximum atomic E-state index is 11.4. The Kier molecular flexibility index (Phi) is 3.03. The van der Waals surface area contributed by atoms with Crippen LogP contribution in [0.3, 0.4) is 0 Å². The summed E-state index contributed by atoms with van der Waals surface area (Å²) in [6, 6.07) is 15.5. The molecule has 1 aromatic heterocycles. The van der Waals surface area contributed by atoms with Crippen LogP contribution in [-0.4, -0.2) is 5.97 Å². The fourth-order valence-corrected chi connectivity index (χ4v) is 2.21. The second-order valence-corrected chi connectivity index (χ2v) is 4.72. The minimum Gasteiger partial charge on any atom is -0.452 e. The summed E-state index contributed by atoms with van der Waals surface area (Å²) in [6.07, 6.45) is 0. The molecule has 2 aromatic carbocycles. The maximum Gasteiger partial charge on any atom is 0.308 e. The standard InChI is InChI=1S/C17H14O3/c1-11-8-9-15-14(10-11)17(19-12(2)18)16(20-15)13-6-4-3-5-7-13/h3-10H,1-2H3. The van der Waals surface area contributed by atoms with Gasteiger partial charge in [0.15, 0.2) is 11.5 Å². The van der Waals surface area contributed by atoms with Crippen LogP contribution < -0.4 is 4.74 Å². The van der Waals surface area contributed by atoms with Crippen LogP contribution in [0.25, 0.3) is 22.3 Å². The molecule has 0 unspecified atom stereocenters. The third-order valence-electron chi connectivity index (χ3n) is 3.08. The predicted molar refractivity (Wildman–Crippen MR) is 77.7 cm³/mol. The second-order valence-electron chi connectivity index (χ2n) is 4.72. The van der Waals surface area contributed by atoms with Crippen molar-refractivity contribution in [2.24, 2.45) is 0 Å². The van der Waals surface area contributed by atoms with Gasteiger partial charge < -0.3 is 9.15 Å². The largest absolute Gasteiger partial charge is 0.452 e. The molecule has 0 bridgehead atoms. The van der Waals surface area contributed by atoms with Gasteiger partial charge in [-0.2, -0.15) is 0 Å². The summed E-state index contributed by atoms with van der Waals surface area (Å²) in [5.74, 6) is 0.718. The van der Waals surface area contributed by atoms with Crippen LogP contribution >= 0.6 is 0 Å². The molecule has 3 aromatic rings. The van der Waals surface area contributed by atoms with Crippen LogP contribution in [0.2, 0.25) is 0 Å². The zero-order chi connectivity index (χ0) is 14.1. The number of carbonyl (C=O) groups is 1. The van der Waals surface area contributed by atoms with E-state index in [1.807, 2.05) is 55.5 Å². The molecule has 3 nitrogen and oxygen atoms in total. The van der Waals surface area contributed by atoms with E-state index in [-0.39, 0.29) is 5.97 Å². The number of rotatable bonds is 2. The highest BCUT2D eigenvalue weighted by atomic mass is 16.5. The van der Waals surface area contributed by atoms with Crippen molar-refractivity contribution in [2.45, 2.75) is 13.8 Å². The van der Waals surface area contributed by atoms with Gasteiger partial charge in [0.1, 0.15) is 5.58 Å². The Morgan fingerprint density at radius 2 is 1.85 bits per heavy atom. The third kappa shape index (κ3) is 2.18. The molecule has 0 aliphatic heterocycles. The van der Waals surface area contributed by atoms with E-state index in [0.29, 0.717) is 17.1 Å². The Morgan fingerprint density at radius 1 is 1.10 bits per heavy atom. The number of esters is 1. The number of carbonyl (C=O) groups excluding carboxylic acids is 1. The van der Waals surface area contributed by atoms with Gasteiger partial charge in [-0.05, 0) is 19.1 Å². The quantitative estimate of drug-likeness (QED) is 0.648. The first-order chi connectivity index (χ1) is 9.65. The number of hydrogen-bond donors (Lipinski definition) is 0. The van der Waals surface area contributed by atoms with Crippen molar-refractivity contribution in [3.05, 3.63) is 54.1 Å². The highest BCUT2D eigenvalue weighted by molar-refractivity contribution is 5.94. The monoisotopic (exact) mass is 266 g/mol. The van der Waals surface area contributed by atoms with Gasteiger partial charge in [-0.15, -0.1) is 0 Å². The summed E-state index contributed by atoms with van der Waals surface area (Å²) in [5.41, 5.74) is 2.69. The average Bonchev–Trinajstić information content (AvgIpc) is 2.77. The van der Waals surface area contributed by atoms with Crippen LogP contribution in [-0.2, 0) is 4.79 Å². The lowest BCUT2D eigenvalue weighted by Gasteiger charge is -2.02. The van der Waals surface area contributed by atoms with Gasteiger partial charge in [0.25, 0.3) is 0 Å². The molecule has 20 heavy (non-hydrogen) atoms. The summed E-state index contributed by atoms with van der Waals surface area (Å²) in [4.78, 5) is 11.4. The molecule has 0 atom stereocenters. The van der Waals surface area contributed by atoms with Crippen LogP contribution in [0.5, 0.6) is 5.75 Å². The Balaban J connectivity index is 2.28. The third-order valence-corrected chi connectivity index (χ3v) is 3.08. The minimum absolute atomic E-state index is 0.355. The van der Waals surface area contributed by atoms with Crippen molar-refractivity contribution in [1.82, 2.24) is 0 Å². The van der Waals surface area contributed by atoms with Gasteiger partial charge in [-0.1, -0.05) is 42.0 Å². The fraction of sp³-hybridized carbons (Fsp3) is 0.118. The molecular weight excluding hydrogens is 252 g/mol. The predicted octanol–water partition coefficient (Wildman–Crippen LogP) is 4.33. The SMILES string of the molecule is CC(=O)Oc1c(-c2ccccc2)oc2ccc(C)cc12. The smallest absolute Gasteiger partial charge is 0.308 e. The topological polar surface area (TPSA) is 39.4 Å². The average molecular weight is 266 g/mol. The molecular formula is C17H14O3. The fourth-order valence-electron chi connectivity index (χ4n) is 2.21.